The largest absolute Gasteiger partial charge is 0.355 e. The van der Waals surface area contributed by atoms with E-state index in [9.17, 15) is 4.79 Å². The second kappa shape index (κ2) is 5.82. The number of rotatable bonds is 3. The molecule has 1 aliphatic carbocycles. The van der Waals surface area contributed by atoms with E-state index in [4.69, 9.17) is 12.2 Å². The summed E-state index contributed by atoms with van der Waals surface area (Å²) >= 11 is 5.12. The molecule has 0 saturated heterocycles. The third-order valence-corrected chi connectivity index (χ3v) is 3.11. The first-order valence-corrected chi connectivity index (χ1v) is 6.49. The second-order valence-electron chi connectivity index (χ2n) is 4.49. The van der Waals surface area contributed by atoms with Crippen LogP contribution in [0.4, 0.5) is 0 Å². The molecule has 0 aromatic heterocycles. The summed E-state index contributed by atoms with van der Waals surface area (Å²) in [5.41, 5.74) is 6.48. The van der Waals surface area contributed by atoms with E-state index in [1.54, 1.807) is 0 Å². The van der Waals surface area contributed by atoms with Gasteiger partial charge in [0.25, 0.3) is 0 Å². The van der Waals surface area contributed by atoms with Crippen molar-refractivity contribution in [3.8, 4) is 0 Å². The minimum atomic E-state index is 0.0199. The van der Waals surface area contributed by atoms with Gasteiger partial charge in [0.2, 0.25) is 5.91 Å². The first-order valence-electron chi connectivity index (χ1n) is 6.08. The molecule has 1 amide bonds. The zero-order valence-corrected chi connectivity index (χ0v) is 11.1. The summed E-state index contributed by atoms with van der Waals surface area (Å²) in [5.74, 6) is 0.193. The Morgan fingerprint density at radius 1 is 1.28 bits per heavy atom. The fourth-order valence-electron chi connectivity index (χ4n) is 1.62. The van der Waals surface area contributed by atoms with Crippen LogP contribution in [0.2, 0.25) is 0 Å². The van der Waals surface area contributed by atoms with Crippen LogP contribution >= 0.6 is 12.2 Å². The van der Waals surface area contributed by atoms with Crippen LogP contribution in [0.3, 0.4) is 0 Å². The van der Waals surface area contributed by atoms with E-state index in [1.165, 1.54) is 0 Å². The van der Waals surface area contributed by atoms with Crippen LogP contribution in [-0.2, 0) is 4.79 Å². The second-order valence-corrected chi connectivity index (χ2v) is 4.90. The molecular weight excluding hydrogens is 246 g/mol. The number of amides is 1. The van der Waals surface area contributed by atoms with Crippen molar-refractivity contribution in [1.82, 2.24) is 16.2 Å². The number of hydrogen-bond donors (Lipinski definition) is 3. The Morgan fingerprint density at radius 3 is 2.56 bits per heavy atom. The molecule has 0 bridgehead atoms. The molecule has 0 aliphatic heterocycles. The molecule has 5 heteroatoms. The number of hydrogen-bond acceptors (Lipinski definition) is 2. The molecule has 3 N–H and O–H groups in total. The Bertz CT molecular complexity index is 431. The summed E-state index contributed by atoms with van der Waals surface area (Å²) in [5, 5.41) is 3.55. The quantitative estimate of drug-likeness (QED) is 0.573. The molecule has 18 heavy (non-hydrogen) atoms. The topological polar surface area (TPSA) is 53.2 Å². The highest BCUT2D eigenvalue weighted by molar-refractivity contribution is 7.80. The van der Waals surface area contributed by atoms with Crippen molar-refractivity contribution >= 4 is 23.2 Å². The van der Waals surface area contributed by atoms with E-state index in [0.29, 0.717) is 5.11 Å². The average molecular weight is 263 g/mol. The van der Waals surface area contributed by atoms with E-state index >= 15 is 0 Å². The summed E-state index contributed by atoms with van der Waals surface area (Å²) < 4.78 is 0. The van der Waals surface area contributed by atoms with Gasteiger partial charge in [0.1, 0.15) is 0 Å². The van der Waals surface area contributed by atoms with Crippen LogP contribution in [0, 0.1) is 5.92 Å². The van der Waals surface area contributed by atoms with Gasteiger partial charge in [0, 0.05) is 5.92 Å². The predicted octanol–water partition coefficient (Wildman–Crippen LogP) is 1.65. The molecule has 0 heterocycles. The Morgan fingerprint density at radius 2 is 1.94 bits per heavy atom. The number of hydrazine groups is 1. The molecule has 0 radical (unpaired) electrons. The van der Waals surface area contributed by atoms with Crippen LogP contribution in [0.1, 0.15) is 31.4 Å². The monoisotopic (exact) mass is 263 g/mol. The van der Waals surface area contributed by atoms with Gasteiger partial charge in [-0.1, -0.05) is 30.3 Å². The van der Waals surface area contributed by atoms with Gasteiger partial charge in [0.05, 0.1) is 6.04 Å². The van der Waals surface area contributed by atoms with E-state index in [0.717, 1.165) is 18.4 Å². The molecule has 0 unspecified atom stereocenters. The lowest BCUT2D eigenvalue weighted by Gasteiger charge is -2.17. The highest BCUT2D eigenvalue weighted by atomic mass is 32.1. The van der Waals surface area contributed by atoms with Crippen molar-refractivity contribution in [2.75, 3.05) is 0 Å². The van der Waals surface area contributed by atoms with Gasteiger partial charge >= 0.3 is 0 Å². The van der Waals surface area contributed by atoms with Crippen molar-refractivity contribution in [1.29, 1.82) is 0 Å². The van der Waals surface area contributed by atoms with Gasteiger partial charge in [-0.2, -0.15) is 0 Å². The normalized spacial score (nSPS) is 15.6. The van der Waals surface area contributed by atoms with Gasteiger partial charge in [-0.25, -0.2) is 0 Å². The highest BCUT2D eigenvalue weighted by Gasteiger charge is 2.29. The minimum Gasteiger partial charge on any atom is -0.355 e. The van der Waals surface area contributed by atoms with Crippen molar-refractivity contribution in [2.45, 2.75) is 25.8 Å². The molecule has 1 aromatic carbocycles. The molecular formula is C13H17N3OS. The van der Waals surface area contributed by atoms with Crippen molar-refractivity contribution in [3.63, 3.8) is 0 Å². The molecule has 4 nitrogen and oxygen atoms in total. The maximum atomic E-state index is 11.4. The number of carbonyl (C=O) groups is 1. The van der Waals surface area contributed by atoms with Crippen LogP contribution in [0.5, 0.6) is 0 Å². The molecule has 1 aromatic rings. The fourth-order valence-corrected chi connectivity index (χ4v) is 1.85. The van der Waals surface area contributed by atoms with Gasteiger partial charge in [-0.15, -0.1) is 0 Å². The lowest BCUT2D eigenvalue weighted by molar-refractivity contribution is -0.122. The van der Waals surface area contributed by atoms with Crippen LogP contribution in [-0.4, -0.2) is 11.0 Å². The molecule has 0 spiro atoms. The van der Waals surface area contributed by atoms with Gasteiger partial charge in [-0.05, 0) is 37.5 Å². The Kier molecular flexibility index (Phi) is 4.15. The number of nitrogens with one attached hydrogen (secondary N) is 3. The third kappa shape index (κ3) is 3.70. The molecule has 2 rings (SSSR count). The number of benzene rings is 1. The average Bonchev–Trinajstić information content (AvgIpc) is 3.21. The molecule has 1 fully saturated rings. The van der Waals surface area contributed by atoms with Gasteiger partial charge in [-0.3, -0.25) is 15.6 Å². The Hall–Kier alpha value is -1.62. The molecule has 1 saturated carbocycles. The zero-order valence-electron chi connectivity index (χ0n) is 10.3. The maximum absolute atomic E-state index is 11.4. The zero-order chi connectivity index (χ0) is 13.0. The van der Waals surface area contributed by atoms with Crippen LogP contribution in [0.25, 0.3) is 0 Å². The van der Waals surface area contributed by atoms with Crippen LogP contribution < -0.4 is 16.2 Å². The third-order valence-electron chi connectivity index (χ3n) is 2.89. The lowest BCUT2D eigenvalue weighted by atomic mass is 10.1. The fraction of sp³-hybridized carbons (Fsp3) is 0.385. The van der Waals surface area contributed by atoms with Crippen molar-refractivity contribution in [3.05, 3.63) is 35.9 Å². The SMILES string of the molecule is C[C@H](NC(=S)NNC(=O)C1CC1)c1ccccc1. The highest BCUT2D eigenvalue weighted by Crippen LogP contribution is 2.28. The maximum Gasteiger partial charge on any atom is 0.241 e. The number of carbonyl (C=O) groups excluding carboxylic acids is 1. The van der Waals surface area contributed by atoms with Gasteiger partial charge < -0.3 is 5.32 Å². The molecule has 1 atom stereocenters. The van der Waals surface area contributed by atoms with Crippen LogP contribution in [0.15, 0.2) is 30.3 Å². The predicted molar refractivity (Wildman–Crippen MR) is 74.6 cm³/mol. The standard InChI is InChI=1S/C13H17N3OS/c1-9(10-5-3-2-4-6-10)14-13(18)16-15-12(17)11-7-8-11/h2-6,9,11H,7-8H2,1H3,(H,15,17)(H2,14,16,18)/t9-/m0/s1. The summed E-state index contributed by atoms with van der Waals surface area (Å²) in [4.78, 5) is 11.4. The van der Waals surface area contributed by atoms with E-state index in [1.807, 2.05) is 37.3 Å². The van der Waals surface area contributed by atoms with E-state index < -0.39 is 0 Å². The molecule has 1 aliphatic rings. The van der Waals surface area contributed by atoms with Crippen molar-refractivity contribution in [2.24, 2.45) is 5.92 Å². The smallest absolute Gasteiger partial charge is 0.241 e. The van der Waals surface area contributed by atoms with E-state index in [-0.39, 0.29) is 17.9 Å². The number of thiocarbonyl (C=S) groups is 1. The molecule has 96 valence electrons. The van der Waals surface area contributed by atoms with Gasteiger partial charge in [0.15, 0.2) is 5.11 Å². The lowest BCUT2D eigenvalue weighted by Crippen LogP contribution is -2.47. The Labute approximate surface area is 112 Å². The summed E-state index contributed by atoms with van der Waals surface area (Å²) in [7, 11) is 0. The summed E-state index contributed by atoms with van der Waals surface area (Å²) in [6.45, 7) is 2.02. The Balaban J connectivity index is 1.75. The first kappa shape index (κ1) is 12.8. The van der Waals surface area contributed by atoms with Crippen molar-refractivity contribution < 1.29 is 4.79 Å². The summed E-state index contributed by atoms with van der Waals surface area (Å²) in [6, 6.07) is 10.1. The van der Waals surface area contributed by atoms with E-state index in [2.05, 4.69) is 16.2 Å². The minimum absolute atomic E-state index is 0.0199. The summed E-state index contributed by atoms with van der Waals surface area (Å²) in [6.07, 6.45) is 1.96. The first-order chi connectivity index (χ1) is 8.66.